The van der Waals surface area contributed by atoms with E-state index in [1.165, 1.54) is 16.6 Å². The van der Waals surface area contributed by atoms with E-state index in [-0.39, 0.29) is 11.6 Å². The van der Waals surface area contributed by atoms with Crippen LogP contribution >= 0.6 is 0 Å². The maximum atomic E-state index is 13.9. The number of aromatic nitrogens is 3. The Kier molecular flexibility index (Phi) is 4.08. The molecule has 32 heavy (non-hydrogen) atoms. The summed E-state index contributed by atoms with van der Waals surface area (Å²) in [6.45, 7) is 1.08. The van der Waals surface area contributed by atoms with E-state index in [0.717, 1.165) is 12.3 Å². The van der Waals surface area contributed by atoms with Gasteiger partial charge in [-0.25, -0.2) is 18.2 Å². The molecule has 1 spiro atoms. The molecule has 164 valence electrons. The van der Waals surface area contributed by atoms with E-state index in [1.807, 2.05) is 4.90 Å². The molecule has 5 heterocycles. The van der Waals surface area contributed by atoms with Crippen molar-refractivity contribution >= 4 is 23.2 Å². The number of hydrogen-bond donors (Lipinski definition) is 0. The van der Waals surface area contributed by atoms with E-state index < -0.39 is 29.0 Å². The summed E-state index contributed by atoms with van der Waals surface area (Å²) >= 11 is 0. The van der Waals surface area contributed by atoms with Crippen molar-refractivity contribution < 1.29 is 18.0 Å². The molecule has 3 aliphatic heterocycles. The molecule has 3 aliphatic rings. The number of amides is 1. The lowest BCUT2D eigenvalue weighted by molar-refractivity contribution is -0.133. The molecule has 2 aromatic heterocycles. The molecule has 0 radical (unpaired) electrons. The minimum absolute atomic E-state index is 0.107. The first-order chi connectivity index (χ1) is 15.4. The number of fused-ring (bicyclic) bond motifs is 2. The molecule has 2 saturated heterocycles. The number of carbonyl (C=O) groups is 1. The molecule has 2 fully saturated rings. The van der Waals surface area contributed by atoms with Crippen LogP contribution in [-0.2, 0) is 4.79 Å². The minimum Gasteiger partial charge on any atom is -0.356 e. The van der Waals surface area contributed by atoms with E-state index in [9.17, 15) is 18.0 Å². The van der Waals surface area contributed by atoms with E-state index in [4.69, 9.17) is 4.99 Å². The number of hydrogen-bond acceptors (Lipinski definition) is 5. The topological polar surface area (TPSA) is 66.1 Å². The number of aliphatic imine (C=N–C) groups is 1. The monoisotopic (exact) mass is 440 g/mol. The van der Waals surface area contributed by atoms with Crippen LogP contribution in [0.3, 0.4) is 0 Å². The van der Waals surface area contributed by atoms with Crippen LogP contribution in [0.15, 0.2) is 41.7 Å². The number of amidine groups is 1. The molecule has 1 amide bonds. The highest BCUT2D eigenvalue weighted by molar-refractivity contribution is 6.10. The van der Waals surface area contributed by atoms with Crippen molar-refractivity contribution in [1.29, 1.82) is 0 Å². The Hall–Kier alpha value is -3.43. The second-order valence-corrected chi connectivity index (χ2v) is 8.51. The first kappa shape index (κ1) is 19.3. The molecule has 1 aromatic carbocycles. The van der Waals surface area contributed by atoms with Gasteiger partial charge in [0.25, 0.3) is 5.91 Å². The molecule has 7 nitrogen and oxygen atoms in total. The summed E-state index contributed by atoms with van der Waals surface area (Å²) in [7, 11) is 0. The summed E-state index contributed by atoms with van der Waals surface area (Å²) in [6, 6.07) is 4.77. The van der Waals surface area contributed by atoms with Crippen LogP contribution < -0.4 is 4.90 Å². The zero-order valence-corrected chi connectivity index (χ0v) is 17.0. The highest BCUT2D eigenvalue weighted by atomic mass is 19.1. The summed E-state index contributed by atoms with van der Waals surface area (Å²) in [5, 5.41) is 4.08. The van der Waals surface area contributed by atoms with Gasteiger partial charge in [-0.2, -0.15) is 9.61 Å². The van der Waals surface area contributed by atoms with Gasteiger partial charge in [0, 0.05) is 31.8 Å². The van der Waals surface area contributed by atoms with Gasteiger partial charge in [-0.15, -0.1) is 0 Å². The lowest BCUT2D eigenvalue weighted by atomic mass is 9.87. The van der Waals surface area contributed by atoms with Gasteiger partial charge < -0.3 is 4.90 Å². The van der Waals surface area contributed by atoms with Gasteiger partial charge in [-0.3, -0.25) is 14.7 Å². The van der Waals surface area contributed by atoms with Crippen LogP contribution in [0.25, 0.3) is 5.65 Å². The number of halogens is 3. The first-order valence-corrected chi connectivity index (χ1v) is 10.6. The second kappa shape index (κ2) is 6.78. The zero-order chi connectivity index (χ0) is 22.0. The highest BCUT2D eigenvalue weighted by Crippen LogP contribution is 2.44. The number of piperidine rings is 1. The first-order valence-electron chi connectivity index (χ1n) is 10.6. The average Bonchev–Trinajstić information content (AvgIpc) is 3.43. The van der Waals surface area contributed by atoms with E-state index in [2.05, 4.69) is 10.1 Å². The predicted octanol–water partition coefficient (Wildman–Crippen LogP) is 3.26. The minimum atomic E-state index is -0.863. The Labute approximate surface area is 181 Å². The van der Waals surface area contributed by atoms with E-state index >= 15 is 0 Å². The SMILES string of the molecule is O=C1N2C(=NC13CCN(c1ccnc4c(F)cnn14)CC3)CCC2c1cc(F)cc(F)c1. The molecule has 0 saturated carbocycles. The summed E-state index contributed by atoms with van der Waals surface area (Å²) in [5.74, 6) is -0.501. The third-order valence-electron chi connectivity index (χ3n) is 6.71. The summed E-state index contributed by atoms with van der Waals surface area (Å²) in [4.78, 5) is 26.0. The van der Waals surface area contributed by atoms with Crippen molar-refractivity contribution in [2.24, 2.45) is 4.99 Å². The van der Waals surface area contributed by atoms with Gasteiger partial charge in [0.05, 0.1) is 12.2 Å². The number of nitrogens with zero attached hydrogens (tertiary/aromatic N) is 6. The Bertz CT molecular complexity index is 1260. The average molecular weight is 440 g/mol. The second-order valence-electron chi connectivity index (χ2n) is 8.51. The van der Waals surface area contributed by atoms with Crippen molar-refractivity contribution in [3.8, 4) is 0 Å². The molecule has 1 unspecified atom stereocenters. The Morgan fingerprint density at radius 3 is 2.56 bits per heavy atom. The molecule has 0 bridgehead atoms. The van der Waals surface area contributed by atoms with Crippen molar-refractivity contribution in [1.82, 2.24) is 19.5 Å². The standard InChI is InChI=1S/C22H19F3N6O/c23-14-9-13(10-15(24)11-14)17-1-2-18-28-22(21(32)30(17)18)4-7-29(8-5-22)19-3-6-26-20-16(25)12-27-31(19)20/h3,6,9-12,17H,1-2,4-5,7-8H2. The predicted molar refractivity (Wildman–Crippen MR) is 110 cm³/mol. The Morgan fingerprint density at radius 2 is 1.81 bits per heavy atom. The fraction of sp³-hybridized carbons (Fsp3) is 0.364. The summed E-state index contributed by atoms with van der Waals surface area (Å²) in [5.41, 5.74) is -0.251. The van der Waals surface area contributed by atoms with Crippen molar-refractivity contribution in [3.05, 3.63) is 59.7 Å². The van der Waals surface area contributed by atoms with Crippen LogP contribution in [-0.4, -0.2) is 49.9 Å². The smallest absolute Gasteiger partial charge is 0.256 e. The van der Waals surface area contributed by atoms with Gasteiger partial charge in [0.2, 0.25) is 0 Å². The third kappa shape index (κ3) is 2.74. The molecular weight excluding hydrogens is 421 g/mol. The van der Waals surface area contributed by atoms with Crippen LogP contribution in [0, 0.1) is 17.5 Å². The van der Waals surface area contributed by atoms with Crippen LogP contribution in [0.5, 0.6) is 0 Å². The van der Waals surface area contributed by atoms with Crippen molar-refractivity contribution in [2.45, 2.75) is 37.3 Å². The lowest BCUT2D eigenvalue weighted by Crippen LogP contribution is -2.50. The Balaban J connectivity index is 1.25. The molecule has 0 N–H and O–H groups in total. The van der Waals surface area contributed by atoms with Crippen LogP contribution in [0.2, 0.25) is 0 Å². The fourth-order valence-corrected chi connectivity index (χ4v) is 5.19. The quantitative estimate of drug-likeness (QED) is 0.614. The maximum absolute atomic E-state index is 13.9. The van der Waals surface area contributed by atoms with Crippen molar-refractivity contribution in [3.63, 3.8) is 0 Å². The van der Waals surface area contributed by atoms with Crippen LogP contribution in [0.4, 0.5) is 19.0 Å². The third-order valence-corrected chi connectivity index (χ3v) is 6.71. The van der Waals surface area contributed by atoms with E-state index in [0.29, 0.717) is 56.0 Å². The number of rotatable bonds is 2. The number of anilines is 1. The Morgan fingerprint density at radius 1 is 1.06 bits per heavy atom. The zero-order valence-electron chi connectivity index (χ0n) is 17.0. The molecule has 10 heteroatoms. The molecule has 0 aliphatic carbocycles. The lowest BCUT2D eigenvalue weighted by Gasteiger charge is -2.38. The number of carbonyl (C=O) groups excluding carboxylic acids is 1. The largest absolute Gasteiger partial charge is 0.356 e. The van der Waals surface area contributed by atoms with Crippen molar-refractivity contribution in [2.75, 3.05) is 18.0 Å². The normalized spacial score (nSPS) is 22.2. The van der Waals surface area contributed by atoms with Gasteiger partial charge in [0.1, 0.15) is 28.8 Å². The molecule has 3 aromatic rings. The highest BCUT2D eigenvalue weighted by Gasteiger charge is 2.53. The summed E-state index contributed by atoms with van der Waals surface area (Å²) < 4.78 is 42.9. The van der Waals surface area contributed by atoms with E-state index in [1.54, 1.807) is 17.2 Å². The number of benzene rings is 1. The van der Waals surface area contributed by atoms with Gasteiger partial charge >= 0.3 is 0 Å². The molecular formula is C22H19F3N6O. The fourth-order valence-electron chi connectivity index (χ4n) is 5.19. The van der Waals surface area contributed by atoms with Gasteiger partial charge in [-0.05, 0) is 43.0 Å². The molecule has 6 rings (SSSR count). The van der Waals surface area contributed by atoms with Gasteiger partial charge in [0.15, 0.2) is 11.5 Å². The maximum Gasteiger partial charge on any atom is 0.256 e. The van der Waals surface area contributed by atoms with Crippen LogP contribution in [0.1, 0.15) is 37.3 Å². The van der Waals surface area contributed by atoms with Gasteiger partial charge in [-0.1, -0.05) is 0 Å². The molecule has 1 atom stereocenters. The summed E-state index contributed by atoms with van der Waals surface area (Å²) in [6.07, 6.45) is 4.84.